The average molecular weight is 898 g/mol. The number of halogens is 12. The SMILES string of the molecule is FC(F)(F)c1ccc(-c2ccc(C(F)(F)F)cn2)cc1.FC(F)(F)c1ccc(-c2ccc(C(F)(F)F)cn2)cc1.O=C(O)c1ccccn1.[Ir]. The van der Waals surface area contributed by atoms with Crippen LogP contribution < -0.4 is 0 Å². The summed E-state index contributed by atoms with van der Waals surface area (Å²) >= 11 is 0. The summed E-state index contributed by atoms with van der Waals surface area (Å²) in [6, 6.07) is 16.7. The summed E-state index contributed by atoms with van der Waals surface area (Å²) in [5.41, 5.74) is -2.42. The van der Waals surface area contributed by atoms with E-state index in [4.69, 9.17) is 5.11 Å². The van der Waals surface area contributed by atoms with Crippen molar-refractivity contribution in [3.8, 4) is 22.5 Å². The van der Waals surface area contributed by atoms with Gasteiger partial charge in [-0.1, -0.05) is 30.3 Å². The van der Waals surface area contributed by atoms with Crippen LogP contribution in [-0.4, -0.2) is 26.0 Å². The standard InChI is InChI=1S/2C13H7F6N.C6H5NO2.Ir/c2*14-12(15,16)9-3-1-8(2-4-9)11-6-5-10(7-20-11)13(17,18)19;8-6(9)5-3-1-2-4-7-5;/h2*1-7H;1-4H,(H,8,9);. The number of nitrogens with zero attached hydrogens (tertiary/aromatic N) is 3. The molecule has 0 aliphatic carbocycles. The van der Waals surface area contributed by atoms with E-state index >= 15 is 0 Å². The number of pyridine rings is 3. The van der Waals surface area contributed by atoms with Gasteiger partial charge in [-0.05, 0) is 60.7 Å². The zero-order valence-corrected chi connectivity index (χ0v) is 26.9. The molecule has 0 fully saturated rings. The maximum absolute atomic E-state index is 12.4. The van der Waals surface area contributed by atoms with Crippen LogP contribution in [0, 0.1) is 0 Å². The van der Waals surface area contributed by atoms with Crippen LogP contribution in [0.1, 0.15) is 32.7 Å². The summed E-state index contributed by atoms with van der Waals surface area (Å²) in [5.74, 6) is -0.990. The van der Waals surface area contributed by atoms with E-state index in [0.29, 0.717) is 23.5 Å². The zero-order valence-electron chi connectivity index (χ0n) is 24.5. The number of hydrogen-bond acceptors (Lipinski definition) is 4. The topological polar surface area (TPSA) is 76.0 Å². The molecule has 5 aromatic rings. The van der Waals surface area contributed by atoms with Crippen LogP contribution in [0.5, 0.6) is 0 Å². The average Bonchev–Trinajstić information content (AvgIpc) is 3.04. The molecule has 267 valence electrons. The van der Waals surface area contributed by atoms with Crippen molar-refractivity contribution in [2.45, 2.75) is 24.7 Å². The molecule has 0 aliphatic heterocycles. The minimum atomic E-state index is -4.49. The maximum atomic E-state index is 12.4. The van der Waals surface area contributed by atoms with Crippen molar-refractivity contribution < 1.29 is 82.7 Å². The molecule has 18 heteroatoms. The summed E-state index contributed by atoms with van der Waals surface area (Å²) in [6.07, 6.45) is -15.2. The summed E-state index contributed by atoms with van der Waals surface area (Å²) in [7, 11) is 0. The minimum Gasteiger partial charge on any atom is -0.477 e. The Labute approximate surface area is 288 Å². The van der Waals surface area contributed by atoms with Crippen molar-refractivity contribution in [2.24, 2.45) is 0 Å². The van der Waals surface area contributed by atoms with E-state index in [1.165, 1.54) is 36.5 Å². The third-order valence-electron chi connectivity index (χ3n) is 6.08. The monoisotopic (exact) mass is 898 g/mol. The van der Waals surface area contributed by atoms with E-state index in [9.17, 15) is 57.5 Å². The third-order valence-corrected chi connectivity index (χ3v) is 6.08. The molecule has 0 saturated heterocycles. The number of hydrogen-bond donors (Lipinski definition) is 1. The predicted octanol–water partition coefficient (Wildman–Crippen LogP) is 10.3. The number of aromatic carboxylic acids is 1. The number of rotatable bonds is 3. The Balaban J connectivity index is 0.000000275. The van der Waals surface area contributed by atoms with Crippen molar-refractivity contribution in [3.05, 3.63) is 138 Å². The van der Waals surface area contributed by atoms with Gasteiger partial charge in [-0.15, -0.1) is 0 Å². The quantitative estimate of drug-likeness (QED) is 0.183. The molecule has 50 heavy (non-hydrogen) atoms. The fourth-order valence-corrected chi connectivity index (χ4v) is 3.61. The number of benzene rings is 2. The van der Waals surface area contributed by atoms with Crippen LogP contribution in [0.3, 0.4) is 0 Å². The van der Waals surface area contributed by atoms with Crippen LogP contribution in [0.4, 0.5) is 52.7 Å². The van der Waals surface area contributed by atoms with Crippen molar-refractivity contribution >= 4 is 5.97 Å². The van der Waals surface area contributed by atoms with Gasteiger partial charge in [0.25, 0.3) is 0 Å². The molecular weight excluding hydrogens is 879 g/mol. The first-order valence-electron chi connectivity index (χ1n) is 13.2. The molecule has 0 aliphatic rings. The third kappa shape index (κ3) is 12.2. The van der Waals surface area contributed by atoms with Crippen LogP contribution in [0.2, 0.25) is 0 Å². The van der Waals surface area contributed by atoms with Gasteiger partial charge in [0.2, 0.25) is 0 Å². The predicted molar refractivity (Wildman–Crippen MR) is 151 cm³/mol. The van der Waals surface area contributed by atoms with Crippen LogP contribution in [0.25, 0.3) is 22.5 Å². The molecule has 5 rings (SSSR count). The molecule has 3 heterocycles. The Morgan fingerprint density at radius 3 is 1.02 bits per heavy atom. The summed E-state index contributed by atoms with van der Waals surface area (Å²) < 4.78 is 148. The first-order valence-corrected chi connectivity index (χ1v) is 13.2. The van der Waals surface area contributed by atoms with Gasteiger partial charge in [0, 0.05) is 49.8 Å². The Morgan fingerprint density at radius 1 is 0.460 bits per heavy atom. The molecule has 1 N–H and O–H groups in total. The van der Waals surface area contributed by atoms with Gasteiger partial charge in [0.15, 0.2) is 0 Å². The molecule has 0 saturated carbocycles. The number of alkyl halides is 12. The molecule has 0 spiro atoms. The molecule has 0 amide bonds. The number of aromatic nitrogens is 3. The fourth-order valence-electron chi connectivity index (χ4n) is 3.61. The second-order valence-corrected chi connectivity index (χ2v) is 9.53. The summed E-state index contributed by atoms with van der Waals surface area (Å²) in [6.45, 7) is 0. The van der Waals surface area contributed by atoms with E-state index in [1.54, 1.807) is 12.1 Å². The van der Waals surface area contributed by atoms with E-state index < -0.39 is 52.9 Å². The normalized spacial score (nSPS) is 11.6. The van der Waals surface area contributed by atoms with E-state index in [-0.39, 0.29) is 37.2 Å². The first kappa shape index (κ1) is 41.3. The Hall–Kier alpha value is -4.83. The molecule has 0 unspecified atom stereocenters. The smallest absolute Gasteiger partial charge is 0.417 e. The van der Waals surface area contributed by atoms with Gasteiger partial charge in [-0.2, -0.15) is 52.7 Å². The van der Waals surface area contributed by atoms with Crippen molar-refractivity contribution in [2.75, 3.05) is 0 Å². The van der Waals surface area contributed by atoms with Gasteiger partial charge in [0.05, 0.1) is 33.6 Å². The van der Waals surface area contributed by atoms with Crippen LogP contribution >= 0.6 is 0 Å². The zero-order chi connectivity index (χ0) is 36.6. The number of carboxylic acid groups (broad SMARTS) is 1. The molecular formula is C32H19F12IrN3O2. The van der Waals surface area contributed by atoms with Crippen molar-refractivity contribution in [1.29, 1.82) is 0 Å². The maximum Gasteiger partial charge on any atom is 0.417 e. The molecule has 1 radical (unpaired) electrons. The summed E-state index contributed by atoms with van der Waals surface area (Å²) in [5, 5.41) is 8.32. The Morgan fingerprint density at radius 2 is 0.800 bits per heavy atom. The first-order chi connectivity index (χ1) is 22.7. The number of carbonyl (C=O) groups is 1. The Kier molecular flexibility index (Phi) is 13.8. The summed E-state index contributed by atoms with van der Waals surface area (Å²) in [4.78, 5) is 20.9. The molecule has 0 atom stereocenters. The molecule has 0 bridgehead atoms. The van der Waals surface area contributed by atoms with E-state index in [2.05, 4.69) is 15.0 Å². The van der Waals surface area contributed by atoms with Gasteiger partial charge >= 0.3 is 30.7 Å². The molecule has 5 nitrogen and oxygen atoms in total. The number of carboxylic acids is 1. The van der Waals surface area contributed by atoms with Crippen LogP contribution in [0.15, 0.2) is 110 Å². The largest absolute Gasteiger partial charge is 0.477 e. The van der Waals surface area contributed by atoms with E-state index in [1.807, 2.05) is 0 Å². The van der Waals surface area contributed by atoms with Crippen LogP contribution in [-0.2, 0) is 44.8 Å². The molecule has 3 aromatic heterocycles. The Bertz CT molecular complexity index is 1570. The van der Waals surface area contributed by atoms with Gasteiger partial charge in [-0.25, -0.2) is 9.78 Å². The van der Waals surface area contributed by atoms with Crippen molar-refractivity contribution in [1.82, 2.24) is 15.0 Å². The molecule has 2 aromatic carbocycles. The van der Waals surface area contributed by atoms with E-state index in [0.717, 1.165) is 48.5 Å². The second kappa shape index (κ2) is 16.7. The van der Waals surface area contributed by atoms with Gasteiger partial charge in [0.1, 0.15) is 5.69 Å². The minimum absolute atomic E-state index is 0. The van der Waals surface area contributed by atoms with Gasteiger partial charge in [-0.3, -0.25) is 9.97 Å². The fraction of sp³-hybridized carbons (Fsp3) is 0.125. The van der Waals surface area contributed by atoms with Gasteiger partial charge < -0.3 is 5.11 Å². The van der Waals surface area contributed by atoms with Crippen molar-refractivity contribution in [3.63, 3.8) is 0 Å². The second-order valence-electron chi connectivity index (χ2n) is 9.53.